The molecule has 0 radical (unpaired) electrons. The molecular weight excluding hydrogens is 297 g/mol. The van der Waals surface area contributed by atoms with Crippen LogP contribution in [0.15, 0.2) is 24.3 Å². The molecule has 0 aromatic heterocycles. The van der Waals surface area contributed by atoms with Crippen molar-refractivity contribution in [3.8, 4) is 0 Å². The molecular formula is C15H17F3N2O2. The average Bonchev–Trinajstić information content (AvgIpc) is 2.90. The van der Waals surface area contributed by atoms with Crippen molar-refractivity contribution >= 4 is 17.5 Å². The highest BCUT2D eigenvalue weighted by molar-refractivity contribution is 6.04. The molecule has 0 aliphatic heterocycles. The van der Waals surface area contributed by atoms with Gasteiger partial charge in [-0.3, -0.25) is 9.59 Å². The van der Waals surface area contributed by atoms with E-state index in [1.165, 1.54) is 12.1 Å². The van der Waals surface area contributed by atoms with E-state index in [4.69, 9.17) is 0 Å². The van der Waals surface area contributed by atoms with Crippen molar-refractivity contribution in [2.75, 3.05) is 5.32 Å². The quantitative estimate of drug-likeness (QED) is 0.839. The van der Waals surface area contributed by atoms with Crippen LogP contribution >= 0.6 is 0 Å². The van der Waals surface area contributed by atoms with Crippen LogP contribution in [0.5, 0.6) is 0 Å². The van der Waals surface area contributed by atoms with E-state index in [0.717, 1.165) is 37.8 Å². The van der Waals surface area contributed by atoms with Crippen molar-refractivity contribution in [2.45, 2.75) is 44.3 Å². The number of hydrogen-bond acceptors (Lipinski definition) is 2. The van der Waals surface area contributed by atoms with Gasteiger partial charge in [0.05, 0.1) is 11.3 Å². The molecule has 1 fully saturated rings. The van der Waals surface area contributed by atoms with E-state index in [1.807, 2.05) is 0 Å². The number of hydrogen-bond donors (Lipinski definition) is 2. The van der Waals surface area contributed by atoms with Crippen LogP contribution in [0.25, 0.3) is 0 Å². The molecule has 22 heavy (non-hydrogen) atoms. The Hall–Kier alpha value is -2.05. The van der Waals surface area contributed by atoms with Gasteiger partial charge in [-0.25, -0.2) is 0 Å². The van der Waals surface area contributed by atoms with Crippen LogP contribution in [-0.4, -0.2) is 17.9 Å². The van der Waals surface area contributed by atoms with Crippen LogP contribution in [0.1, 0.15) is 37.7 Å². The predicted octanol–water partition coefficient (Wildman–Crippen LogP) is 3.09. The van der Waals surface area contributed by atoms with Gasteiger partial charge in [-0.2, -0.15) is 13.2 Å². The maximum atomic E-state index is 12.8. The third kappa shape index (κ3) is 4.47. The molecule has 7 heteroatoms. The minimum atomic E-state index is -4.56. The van der Waals surface area contributed by atoms with Crippen LogP contribution in [0.4, 0.5) is 18.9 Å². The number of alkyl halides is 3. The molecule has 120 valence electrons. The van der Waals surface area contributed by atoms with Crippen LogP contribution in [0, 0.1) is 0 Å². The van der Waals surface area contributed by atoms with Crippen molar-refractivity contribution in [3.05, 3.63) is 29.8 Å². The van der Waals surface area contributed by atoms with E-state index in [0.29, 0.717) is 0 Å². The Morgan fingerprint density at radius 3 is 2.36 bits per heavy atom. The Labute approximate surface area is 126 Å². The molecule has 1 aliphatic carbocycles. The molecule has 0 unspecified atom stereocenters. The Kier molecular flexibility index (Phi) is 5.05. The maximum Gasteiger partial charge on any atom is 0.418 e. The van der Waals surface area contributed by atoms with Gasteiger partial charge in [0.2, 0.25) is 11.8 Å². The normalized spacial score (nSPS) is 15.6. The summed E-state index contributed by atoms with van der Waals surface area (Å²) in [6, 6.07) is 4.75. The smallest absolute Gasteiger partial charge is 0.353 e. The minimum absolute atomic E-state index is 0.0720. The molecule has 1 aliphatic rings. The van der Waals surface area contributed by atoms with Gasteiger partial charge in [-0.05, 0) is 25.0 Å². The predicted molar refractivity (Wildman–Crippen MR) is 75.1 cm³/mol. The van der Waals surface area contributed by atoms with E-state index in [9.17, 15) is 22.8 Å². The molecule has 0 heterocycles. The summed E-state index contributed by atoms with van der Waals surface area (Å²) in [6.07, 6.45) is -1.21. The summed E-state index contributed by atoms with van der Waals surface area (Å²) in [5.41, 5.74) is -1.27. The van der Waals surface area contributed by atoms with E-state index in [-0.39, 0.29) is 11.7 Å². The number of para-hydroxylation sites is 1. The molecule has 0 saturated heterocycles. The van der Waals surface area contributed by atoms with Crippen LogP contribution in [-0.2, 0) is 15.8 Å². The van der Waals surface area contributed by atoms with Crippen molar-refractivity contribution in [1.82, 2.24) is 5.32 Å². The highest BCUT2D eigenvalue weighted by atomic mass is 19.4. The zero-order valence-electron chi connectivity index (χ0n) is 11.9. The van der Waals surface area contributed by atoms with Crippen LogP contribution < -0.4 is 10.6 Å². The van der Waals surface area contributed by atoms with E-state index < -0.39 is 30.0 Å². The number of rotatable bonds is 4. The first-order chi connectivity index (χ1) is 10.4. The van der Waals surface area contributed by atoms with Gasteiger partial charge in [0, 0.05) is 6.04 Å². The van der Waals surface area contributed by atoms with Gasteiger partial charge in [0.25, 0.3) is 0 Å². The monoisotopic (exact) mass is 314 g/mol. The molecule has 4 nitrogen and oxygen atoms in total. The Morgan fingerprint density at radius 1 is 1.09 bits per heavy atom. The van der Waals surface area contributed by atoms with Crippen molar-refractivity contribution in [3.63, 3.8) is 0 Å². The van der Waals surface area contributed by atoms with Gasteiger partial charge >= 0.3 is 6.18 Å². The molecule has 2 amide bonds. The lowest BCUT2D eigenvalue weighted by molar-refractivity contribution is -0.137. The van der Waals surface area contributed by atoms with Crippen molar-refractivity contribution in [2.24, 2.45) is 0 Å². The number of halogens is 3. The molecule has 0 bridgehead atoms. The van der Waals surface area contributed by atoms with Crippen LogP contribution in [0.3, 0.4) is 0 Å². The first kappa shape index (κ1) is 16.3. The lowest BCUT2D eigenvalue weighted by atomic mass is 10.1. The molecule has 1 aromatic carbocycles. The average molecular weight is 314 g/mol. The van der Waals surface area contributed by atoms with Gasteiger partial charge in [-0.1, -0.05) is 25.0 Å². The number of anilines is 1. The molecule has 2 N–H and O–H groups in total. The number of carbonyl (C=O) groups excluding carboxylic acids is 2. The third-order valence-corrected chi connectivity index (χ3v) is 3.55. The Morgan fingerprint density at radius 2 is 1.73 bits per heavy atom. The second-order valence-corrected chi connectivity index (χ2v) is 5.32. The summed E-state index contributed by atoms with van der Waals surface area (Å²) in [7, 11) is 0. The second-order valence-electron chi connectivity index (χ2n) is 5.32. The fraction of sp³-hybridized carbons (Fsp3) is 0.467. The number of carbonyl (C=O) groups is 2. The van der Waals surface area contributed by atoms with Gasteiger partial charge in [0.15, 0.2) is 0 Å². The standard InChI is InChI=1S/C15H17F3N2O2/c16-15(17,18)11-7-3-4-8-12(11)20-14(22)9-13(21)19-10-5-1-2-6-10/h3-4,7-8,10H,1-2,5-6,9H2,(H,19,21)(H,20,22). The first-order valence-electron chi connectivity index (χ1n) is 7.11. The number of amides is 2. The highest BCUT2D eigenvalue weighted by Crippen LogP contribution is 2.34. The van der Waals surface area contributed by atoms with E-state index in [2.05, 4.69) is 10.6 Å². The van der Waals surface area contributed by atoms with Gasteiger partial charge in [-0.15, -0.1) is 0 Å². The Bertz CT molecular complexity index is 552. The second kappa shape index (κ2) is 6.81. The Balaban J connectivity index is 1.93. The first-order valence-corrected chi connectivity index (χ1v) is 7.11. The molecule has 0 atom stereocenters. The fourth-order valence-electron chi connectivity index (χ4n) is 2.53. The SMILES string of the molecule is O=C(CC(=O)NC1CCCC1)Nc1ccccc1C(F)(F)F. The number of benzene rings is 1. The lowest BCUT2D eigenvalue weighted by Gasteiger charge is -2.14. The van der Waals surface area contributed by atoms with E-state index in [1.54, 1.807) is 0 Å². The summed E-state index contributed by atoms with van der Waals surface area (Å²) in [5.74, 6) is -1.22. The molecule has 0 spiro atoms. The molecule has 1 saturated carbocycles. The maximum absolute atomic E-state index is 12.8. The topological polar surface area (TPSA) is 58.2 Å². The third-order valence-electron chi connectivity index (χ3n) is 3.55. The zero-order chi connectivity index (χ0) is 16.2. The minimum Gasteiger partial charge on any atom is -0.353 e. The molecule has 1 aromatic rings. The summed E-state index contributed by atoms with van der Waals surface area (Å²) < 4.78 is 38.4. The molecule has 2 rings (SSSR count). The van der Waals surface area contributed by atoms with Gasteiger partial charge < -0.3 is 10.6 Å². The summed E-state index contributed by atoms with van der Waals surface area (Å²) in [4.78, 5) is 23.4. The fourth-order valence-corrected chi connectivity index (χ4v) is 2.53. The lowest BCUT2D eigenvalue weighted by Crippen LogP contribution is -2.35. The van der Waals surface area contributed by atoms with Crippen LogP contribution in [0.2, 0.25) is 0 Å². The summed E-state index contributed by atoms with van der Waals surface area (Å²) in [6.45, 7) is 0. The largest absolute Gasteiger partial charge is 0.418 e. The zero-order valence-corrected chi connectivity index (χ0v) is 11.9. The number of nitrogens with one attached hydrogen (secondary N) is 2. The summed E-state index contributed by atoms with van der Waals surface area (Å²) >= 11 is 0. The van der Waals surface area contributed by atoms with E-state index >= 15 is 0 Å². The van der Waals surface area contributed by atoms with Crippen molar-refractivity contribution < 1.29 is 22.8 Å². The van der Waals surface area contributed by atoms with Gasteiger partial charge in [0.1, 0.15) is 6.42 Å². The summed E-state index contributed by atoms with van der Waals surface area (Å²) in [5, 5.41) is 4.87. The highest BCUT2D eigenvalue weighted by Gasteiger charge is 2.33. The van der Waals surface area contributed by atoms with Crippen molar-refractivity contribution in [1.29, 1.82) is 0 Å².